The molecule has 74 valence electrons. The molecule has 0 radical (unpaired) electrons. The number of nitrogens with two attached hydrogens (primary N) is 1. The minimum Gasteiger partial charge on any atom is -0.394 e. The van der Waals surface area contributed by atoms with E-state index in [1.807, 2.05) is 6.92 Å². The second-order valence-electron chi connectivity index (χ2n) is 3.57. The molecular formula is C8H14ClN3O. The van der Waals surface area contributed by atoms with Crippen molar-refractivity contribution in [2.75, 3.05) is 6.61 Å². The Hall–Kier alpha value is -0.580. The van der Waals surface area contributed by atoms with Gasteiger partial charge in [0.2, 0.25) is 0 Å². The fourth-order valence-electron chi connectivity index (χ4n) is 0.995. The van der Waals surface area contributed by atoms with Crippen molar-refractivity contribution in [3.05, 3.63) is 16.9 Å². The SMILES string of the molecule is Cc1nn(CC(C)(N)CO)cc1Cl. The Kier molecular flexibility index (Phi) is 2.95. The third kappa shape index (κ3) is 2.69. The summed E-state index contributed by atoms with van der Waals surface area (Å²) < 4.78 is 1.65. The average molecular weight is 204 g/mol. The van der Waals surface area contributed by atoms with Crippen LogP contribution in [0.3, 0.4) is 0 Å². The molecular weight excluding hydrogens is 190 g/mol. The van der Waals surface area contributed by atoms with Crippen molar-refractivity contribution in [1.29, 1.82) is 0 Å². The third-order valence-corrected chi connectivity index (χ3v) is 2.14. The third-order valence-electron chi connectivity index (χ3n) is 1.77. The maximum Gasteiger partial charge on any atom is 0.0814 e. The zero-order valence-corrected chi connectivity index (χ0v) is 8.54. The van der Waals surface area contributed by atoms with E-state index in [9.17, 15) is 0 Å². The van der Waals surface area contributed by atoms with Gasteiger partial charge in [-0.1, -0.05) is 11.6 Å². The van der Waals surface area contributed by atoms with Crippen LogP contribution in [0.15, 0.2) is 6.20 Å². The van der Waals surface area contributed by atoms with Crippen LogP contribution in [0.1, 0.15) is 12.6 Å². The van der Waals surface area contributed by atoms with E-state index in [0.717, 1.165) is 5.69 Å². The fraction of sp³-hybridized carbons (Fsp3) is 0.625. The van der Waals surface area contributed by atoms with Crippen LogP contribution in [0.25, 0.3) is 0 Å². The van der Waals surface area contributed by atoms with Crippen LogP contribution in [0, 0.1) is 6.92 Å². The predicted molar refractivity (Wildman–Crippen MR) is 51.7 cm³/mol. The van der Waals surface area contributed by atoms with Crippen molar-refractivity contribution >= 4 is 11.6 Å². The Labute approximate surface area is 82.3 Å². The first-order chi connectivity index (χ1) is 5.94. The van der Waals surface area contributed by atoms with Gasteiger partial charge in [-0.25, -0.2) is 0 Å². The van der Waals surface area contributed by atoms with E-state index >= 15 is 0 Å². The summed E-state index contributed by atoms with van der Waals surface area (Å²) in [5, 5.41) is 13.7. The maximum atomic E-state index is 8.93. The van der Waals surface area contributed by atoms with Crippen molar-refractivity contribution in [2.45, 2.75) is 25.9 Å². The van der Waals surface area contributed by atoms with Crippen LogP contribution in [-0.4, -0.2) is 27.0 Å². The normalized spacial score (nSPS) is 15.8. The topological polar surface area (TPSA) is 64.1 Å². The average Bonchev–Trinajstić information content (AvgIpc) is 2.30. The highest BCUT2D eigenvalue weighted by molar-refractivity contribution is 6.31. The second kappa shape index (κ2) is 3.65. The lowest BCUT2D eigenvalue weighted by Gasteiger charge is -2.21. The van der Waals surface area contributed by atoms with Crippen LogP contribution in [0.5, 0.6) is 0 Å². The van der Waals surface area contributed by atoms with Gasteiger partial charge in [0.15, 0.2) is 0 Å². The van der Waals surface area contributed by atoms with Crippen molar-refractivity contribution in [3.8, 4) is 0 Å². The summed E-state index contributed by atoms with van der Waals surface area (Å²) in [5.41, 5.74) is 5.88. The maximum absolute atomic E-state index is 8.93. The van der Waals surface area contributed by atoms with Crippen LogP contribution in [-0.2, 0) is 6.54 Å². The smallest absolute Gasteiger partial charge is 0.0814 e. The van der Waals surface area contributed by atoms with E-state index in [0.29, 0.717) is 11.6 Å². The molecule has 0 amide bonds. The zero-order chi connectivity index (χ0) is 10.1. The summed E-state index contributed by atoms with van der Waals surface area (Å²) >= 11 is 5.81. The number of aryl methyl sites for hydroxylation is 1. The predicted octanol–water partition coefficient (Wildman–Crippen LogP) is 0.555. The van der Waals surface area contributed by atoms with Gasteiger partial charge in [0.05, 0.1) is 29.4 Å². The number of hydrogen-bond acceptors (Lipinski definition) is 3. The number of hydrogen-bond donors (Lipinski definition) is 2. The monoisotopic (exact) mass is 203 g/mol. The van der Waals surface area contributed by atoms with E-state index in [2.05, 4.69) is 5.10 Å². The molecule has 1 unspecified atom stereocenters. The first-order valence-electron chi connectivity index (χ1n) is 4.04. The molecule has 0 aliphatic carbocycles. The number of aliphatic hydroxyl groups excluding tert-OH is 1. The van der Waals surface area contributed by atoms with Crippen molar-refractivity contribution in [3.63, 3.8) is 0 Å². The highest BCUT2D eigenvalue weighted by Gasteiger charge is 2.18. The van der Waals surface area contributed by atoms with Gasteiger partial charge in [-0.15, -0.1) is 0 Å². The number of aromatic nitrogens is 2. The molecule has 5 heteroatoms. The first-order valence-corrected chi connectivity index (χ1v) is 4.42. The molecule has 3 N–H and O–H groups in total. The molecule has 1 rings (SSSR count). The molecule has 1 aromatic heterocycles. The minimum absolute atomic E-state index is 0.0798. The molecule has 1 heterocycles. The van der Waals surface area contributed by atoms with E-state index < -0.39 is 5.54 Å². The van der Waals surface area contributed by atoms with Crippen molar-refractivity contribution in [2.24, 2.45) is 5.73 Å². The van der Waals surface area contributed by atoms with Crippen LogP contribution in [0.4, 0.5) is 0 Å². The second-order valence-corrected chi connectivity index (χ2v) is 3.98. The van der Waals surface area contributed by atoms with E-state index in [-0.39, 0.29) is 6.61 Å². The van der Waals surface area contributed by atoms with Gasteiger partial charge < -0.3 is 10.8 Å². The molecule has 4 nitrogen and oxygen atoms in total. The summed E-state index contributed by atoms with van der Waals surface area (Å²) in [6.07, 6.45) is 1.71. The van der Waals surface area contributed by atoms with Gasteiger partial charge in [0.1, 0.15) is 0 Å². The minimum atomic E-state index is -0.651. The molecule has 0 aromatic carbocycles. The van der Waals surface area contributed by atoms with Gasteiger partial charge in [-0.3, -0.25) is 4.68 Å². The van der Waals surface area contributed by atoms with Gasteiger partial charge in [-0.05, 0) is 13.8 Å². The lowest BCUT2D eigenvalue weighted by atomic mass is 10.1. The molecule has 0 saturated carbocycles. The van der Waals surface area contributed by atoms with E-state index in [1.54, 1.807) is 17.8 Å². The van der Waals surface area contributed by atoms with E-state index in [4.69, 9.17) is 22.4 Å². The number of aliphatic hydroxyl groups is 1. The number of rotatable bonds is 3. The molecule has 0 aliphatic rings. The highest BCUT2D eigenvalue weighted by Crippen LogP contribution is 2.13. The van der Waals surface area contributed by atoms with Crippen LogP contribution < -0.4 is 5.73 Å². The molecule has 1 aromatic rings. The standard InChI is InChI=1S/C8H14ClN3O/c1-6-7(9)3-12(11-6)4-8(2,10)5-13/h3,13H,4-5,10H2,1-2H3. The molecule has 0 fully saturated rings. The summed E-state index contributed by atoms with van der Waals surface area (Å²) in [4.78, 5) is 0. The van der Waals surface area contributed by atoms with Crippen LogP contribution in [0.2, 0.25) is 5.02 Å². The molecule has 0 spiro atoms. The highest BCUT2D eigenvalue weighted by atomic mass is 35.5. The Bertz CT molecular complexity index is 276. The summed E-state index contributed by atoms with van der Waals surface area (Å²) in [5.74, 6) is 0. The quantitative estimate of drug-likeness (QED) is 0.755. The zero-order valence-electron chi connectivity index (χ0n) is 7.79. The van der Waals surface area contributed by atoms with Gasteiger partial charge in [-0.2, -0.15) is 5.10 Å². The first kappa shape index (κ1) is 10.5. The lowest BCUT2D eigenvalue weighted by Crippen LogP contribution is -2.44. The Morgan fingerprint density at radius 2 is 2.38 bits per heavy atom. The Morgan fingerprint density at radius 1 is 1.77 bits per heavy atom. The van der Waals surface area contributed by atoms with Gasteiger partial charge in [0.25, 0.3) is 0 Å². The summed E-state index contributed by atoms with van der Waals surface area (Å²) in [6.45, 7) is 3.96. The Morgan fingerprint density at radius 3 is 2.77 bits per heavy atom. The van der Waals surface area contributed by atoms with Gasteiger partial charge in [0, 0.05) is 6.20 Å². The summed E-state index contributed by atoms with van der Waals surface area (Å²) in [7, 11) is 0. The number of halogens is 1. The lowest BCUT2D eigenvalue weighted by molar-refractivity contribution is 0.188. The molecule has 0 aliphatic heterocycles. The molecule has 13 heavy (non-hydrogen) atoms. The van der Waals surface area contributed by atoms with Crippen LogP contribution >= 0.6 is 11.6 Å². The fourth-order valence-corrected chi connectivity index (χ4v) is 1.15. The Balaban J connectivity index is 2.75. The van der Waals surface area contributed by atoms with Gasteiger partial charge >= 0.3 is 0 Å². The summed E-state index contributed by atoms with van der Waals surface area (Å²) in [6, 6.07) is 0. The van der Waals surface area contributed by atoms with Crippen molar-refractivity contribution in [1.82, 2.24) is 9.78 Å². The largest absolute Gasteiger partial charge is 0.394 e. The molecule has 0 bridgehead atoms. The molecule has 1 atom stereocenters. The number of nitrogens with zero attached hydrogens (tertiary/aromatic N) is 2. The molecule has 0 saturated heterocycles. The van der Waals surface area contributed by atoms with Crippen molar-refractivity contribution < 1.29 is 5.11 Å². The van der Waals surface area contributed by atoms with E-state index in [1.165, 1.54) is 0 Å².